The number of nitrogens with zero attached hydrogens (tertiary/aromatic N) is 1. The van der Waals surface area contributed by atoms with Gasteiger partial charge in [-0.15, -0.1) is 0 Å². The Morgan fingerprint density at radius 2 is 1.66 bits per heavy atom. The van der Waals surface area contributed by atoms with Crippen molar-refractivity contribution in [3.63, 3.8) is 0 Å². The SMILES string of the molecule is Cc1cccc(NC(=O)/C(C#N)=C/c2cc(Br)ccc2OCCOCCOc2cccc(C)c2)c1. The molecule has 0 atom stereocenters. The van der Waals surface area contributed by atoms with Crippen molar-refractivity contribution in [2.24, 2.45) is 0 Å². The van der Waals surface area contributed by atoms with E-state index in [2.05, 4.69) is 21.2 Å². The number of aryl methyl sites for hydroxylation is 2. The molecule has 1 amide bonds. The smallest absolute Gasteiger partial charge is 0.266 e. The lowest BCUT2D eigenvalue weighted by molar-refractivity contribution is -0.112. The molecule has 3 aromatic rings. The fourth-order valence-electron chi connectivity index (χ4n) is 3.23. The summed E-state index contributed by atoms with van der Waals surface area (Å²) in [5.74, 6) is 0.876. The largest absolute Gasteiger partial charge is 0.491 e. The molecule has 3 rings (SSSR count). The molecule has 3 aromatic carbocycles. The predicted octanol–water partition coefficient (Wildman–Crippen LogP) is 6.09. The molecular formula is C28H27BrN2O4. The van der Waals surface area contributed by atoms with E-state index >= 15 is 0 Å². The Kier molecular flexibility index (Phi) is 9.91. The van der Waals surface area contributed by atoms with E-state index in [1.54, 1.807) is 18.2 Å². The summed E-state index contributed by atoms with van der Waals surface area (Å²) < 4.78 is 17.9. The highest BCUT2D eigenvalue weighted by molar-refractivity contribution is 9.10. The molecule has 0 aliphatic rings. The van der Waals surface area contributed by atoms with E-state index < -0.39 is 5.91 Å². The van der Waals surface area contributed by atoms with E-state index in [1.165, 1.54) is 6.08 Å². The summed E-state index contributed by atoms with van der Waals surface area (Å²) in [7, 11) is 0. The molecule has 0 fully saturated rings. The monoisotopic (exact) mass is 534 g/mol. The maximum Gasteiger partial charge on any atom is 0.266 e. The molecule has 35 heavy (non-hydrogen) atoms. The lowest BCUT2D eigenvalue weighted by Gasteiger charge is -2.11. The lowest BCUT2D eigenvalue weighted by Crippen LogP contribution is -2.14. The van der Waals surface area contributed by atoms with Crippen LogP contribution < -0.4 is 14.8 Å². The molecule has 1 N–H and O–H groups in total. The number of hydrogen-bond donors (Lipinski definition) is 1. The van der Waals surface area contributed by atoms with Gasteiger partial charge in [0, 0.05) is 15.7 Å². The molecule has 0 saturated carbocycles. The second-order valence-corrected chi connectivity index (χ2v) is 8.72. The third kappa shape index (κ3) is 8.60. The highest BCUT2D eigenvalue weighted by Gasteiger charge is 2.12. The Hall–Kier alpha value is -3.60. The minimum absolute atomic E-state index is 0.0287. The first kappa shape index (κ1) is 26.0. The number of benzene rings is 3. The number of hydrogen-bond acceptors (Lipinski definition) is 5. The summed E-state index contributed by atoms with van der Waals surface area (Å²) in [4.78, 5) is 12.7. The summed E-state index contributed by atoms with van der Waals surface area (Å²) in [6, 6.07) is 22.6. The van der Waals surface area contributed by atoms with Crippen LogP contribution in [0.3, 0.4) is 0 Å². The van der Waals surface area contributed by atoms with Gasteiger partial charge in [0.05, 0.1) is 13.2 Å². The van der Waals surface area contributed by atoms with Crippen molar-refractivity contribution in [3.8, 4) is 17.6 Å². The van der Waals surface area contributed by atoms with Gasteiger partial charge in [0.25, 0.3) is 5.91 Å². The van der Waals surface area contributed by atoms with E-state index in [-0.39, 0.29) is 5.57 Å². The summed E-state index contributed by atoms with van der Waals surface area (Å²) in [6.07, 6.45) is 1.52. The molecule has 0 aliphatic carbocycles. The highest BCUT2D eigenvalue weighted by atomic mass is 79.9. The third-order valence-electron chi connectivity index (χ3n) is 4.88. The van der Waals surface area contributed by atoms with Gasteiger partial charge < -0.3 is 19.5 Å². The van der Waals surface area contributed by atoms with Crippen LogP contribution in [0.2, 0.25) is 0 Å². The molecule has 0 spiro atoms. The first-order valence-electron chi connectivity index (χ1n) is 11.1. The van der Waals surface area contributed by atoms with E-state index in [9.17, 15) is 10.1 Å². The molecule has 0 aliphatic heterocycles. The molecule has 7 heteroatoms. The number of carbonyl (C=O) groups is 1. The average molecular weight is 535 g/mol. The van der Waals surface area contributed by atoms with Crippen molar-refractivity contribution < 1.29 is 19.0 Å². The Morgan fingerprint density at radius 3 is 2.37 bits per heavy atom. The van der Waals surface area contributed by atoms with Crippen molar-refractivity contribution in [2.45, 2.75) is 13.8 Å². The van der Waals surface area contributed by atoms with Crippen molar-refractivity contribution in [3.05, 3.63) is 93.5 Å². The van der Waals surface area contributed by atoms with E-state index in [1.807, 2.05) is 68.4 Å². The van der Waals surface area contributed by atoms with Crippen LogP contribution in [0.15, 0.2) is 76.8 Å². The minimum atomic E-state index is -0.485. The van der Waals surface area contributed by atoms with Crippen LogP contribution in [0, 0.1) is 25.2 Å². The van der Waals surface area contributed by atoms with Crippen molar-refractivity contribution >= 4 is 33.6 Å². The van der Waals surface area contributed by atoms with Gasteiger partial charge in [-0.05, 0) is 73.5 Å². The van der Waals surface area contributed by atoms with Gasteiger partial charge in [0.1, 0.15) is 36.4 Å². The van der Waals surface area contributed by atoms with Crippen LogP contribution in [0.5, 0.6) is 11.5 Å². The molecule has 0 bridgehead atoms. The quantitative estimate of drug-likeness (QED) is 0.183. The number of halogens is 1. The summed E-state index contributed by atoms with van der Waals surface area (Å²) in [5.41, 5.74) is 3.36. The first-order chi connectivity index (χ1) is 16.9. The molecule has 0 aromatic heterocycles. The van der Waals surface area contributed by atoms with Crippen LogP contribution in [0.1, 0.15) is 16.7 Å². The number of nitriles is 1. The van der Waals surface area contributed by atoms with Gasteiger partial charge in [0.2, 0.25) is 0 Å². The van der Waals surface area contributed by atoms with Crippen molar-refractivity contribution in [1.82, 2.24) is 0 Å². The van der Waals surface area contributed by atoms with Crippen molar-refractivity contribution in [1.29, 1.82) is 5.26 Å². The van der Waals surface area contributed by atoms with Gasteiger partial charge >= 0.3 is 0 Å². The van der Waals surface area contributed by atoms with E-state index in [0.29, 0.717) is 43.4 Å². The molecule has 180 valence electrons. The number of carbonyl (C=O) groups excluding carboxylic acids is 1. The zero-order valence-corrected chi connectivity index (χ0v) is 21.3. The molecule has 0 saturated heterocycles. The van der Waals surface area contributed by atoms with Crippen LogP contribution in [-0.2, 0) is 9.53 Å². The first-order valence-corrected chi connectivity index (χ1v) is 11.9. The maximum atomic E-state index is 12.7. The van der Waals surface area contributed by atoms with Gasteiger partial charge in [-0.25, -0.2) is 0 Å². The topological polar surface area (TPSA) is 80.6 Å². The fourth-order valence-corrected chi connectivity index (χ4v) is 3.60. The lowest BCUT2D eigenvalue weighted by atomic mass is 10.1. The maximum absolute atomic E-state index is 12.7. The Bertz CT molecular complexity index is 1230. The third-order valence-corrected chi connectivity index (χ3v) is 5.38. The summed E-state index contributed by atoms with van der Waals surface area (Å²) in [6.45, 7) is 5.50. The minimum Gasteiger partial charge on any atom is -0.491 e. The number of nitrogens with one attached hydrogen (secondary N) is 1. The molecule has 6 nitrogen and oxygen atoms in total. The number of rotatable bonds is 11. The van der Waals surface area contributed by atoms with E-state index in [4.69, 9.17) is 14.2 Å². The zero-order valence-electron chi connectivity index (χ0n) is 19.7. The van der Waals surface area contributed by atoms with Gasteiger partial charge in [-0.3, -0.25) is 4.79 Å². The van der Waals surface area contributed by atoms with Crippen LogP contribution in [0.25, 0.3) is 6.08 Å². The summed E-state index contributed by atoms with van der Waals surface area (Å²) in [5, 5.41) is 12.3. The Balaban J connectivity index is 1.54. The van der Waals surface area contributed by atoms with Crippen LogP contribution >= 0.6 is 15.9 Å². The van der Waals surface area contributed by atoms with Crippen LogP contribution in [-0.4, -0.2) is 32.3 Å². The van der Waals surface area contributed by atoms with Gasteiger partial charge in [0.15, 0.2) is 0 Å². The number of amides is 1. The Labute approximate surface area is 214 Å². The number of anilines is 1. The zero-order chi connectivity index (χ0) is 25.0. The highest BCUT2D eigenvalue weighted by Crippen LogP contribution is 2.26. The second-order valence-electron chi connectivity index (χ2n) is 7.80. The van der Waals surface area contributed by atoms with Gasteiger partial charge in [-0.1, -0.05) is 40.2 Å². The predicted molar refractivity (Wildman–Crippen MR) is 141 cm³/mol. The van der Waals surface area contributed by atoms with E-state index in [0.717, 1.165) is 21.3 Å². The van der Waals surface area contributed by atoms with Crippen molar-refractivity contribution in [2.75, 3.05) is 31.7 Å². The summed E-state index contributed by atoms with van der Waals surface area (Å²) >= 11 is 3.43. The molecule has 0 unspecified atom stereocenters. The normalized spacial score (nSPS) is 11.0. The second kappa shape index (κ2) is 13.3. The standard InChI is InChI=1S/C28H27BrN2O4/c1-20-5-3-7-25(15-20)31-28(32)23(19-30)17-22-18-24(29)9-10-27(22)35-14-12-33-11-13-34-26-8-4-6-21(2)16-26/h3-10,15-18H,11-14H2,1-2H3,(H,31,32)/b23-17+. The molecule has 0 heterocycles. The molecular weight excluding hydrogens is 508 g/mol. The number of ether oxygens (including phenoxy) is 3. The van der Waals surface area contributed by atoms with Crippen LogP contribution in [0.4, 0.5) is 5.69 Å². The Morgan fingerprint density at radius 1 is 0.943 bits per heavy atom. The molecule has 0 radical (unpaired) electrons. The average Bonchev–Trinajstić information content (AvgIpc) is 2.83. The van der Waals surface area contributed by atoms with Gasteiger partial charge in [-0.2, -0.15) is 5.26 Å². The fraction of sp³-hybridized carbons (Fsp3) is 0.214.